The first kappa shape index (κ1) is 11.1. The van der Waals surface area contributed by atoms with Crippen LogP contribution in [-0.2, 0) is 0 Å². The molecule has 0 aliphatic heterocycles. The predicted octanol–water partition coefficient (Wildman–Crippen LogP) is 1.96. The molecule has 1 amide bonds. The largest absolute Gasteiger partial charge is 0.396 e. The molecule has 0 atom stereocenters. The summed E-state index contributed by atoms with van der Waals surface area (Å²) in [6.45, 7) is 1.70. The summed E-state index contributed by atoms with van der Waals surface area (Å²) in [5.41, 5.74) is 5.47. The summed E-state index contributed by atoms with van der Waals surface area (Å²) in [5, 5.41) is 6.07. The zero-order valence-corrected chi connectivity index (χ0v) is 9.03. The van der Waals surface area contributed by atoms with Crippen LogP contribution in [0.5, 0.6) is 0 Å². The molecule has 1 aromatic carbocycles. The molecule has 2 aromatic rings. The van der Waals surface area contributed by atoms with E-state index in [0.29, 0.717) is 5.76 Å². The monoisotopic (exact) mass is 235 g/mol. The number of carbonyl (C=O) groups excluding carboxylic acids is 1. The Morgan fingerprint density at radius 2 is 2.24 bits per heavy atom. The highest BCUT2D eigenvalue weighted by Gasteiger charge is 2.10. The first-order valence-electron chi connectivity index (χ1n) is 4.86. The van der Waals surface area contributed by atoms with Crippen LogP contribution < -0.4 is 11.1 Å². The Bertz CT molecular complexity index is 566. The summed E-state index contributed by atoms with van der Waals surface area (Å²) >= 11 is 0. The van der Waals surface area contributed by atoms with Crippen LogP contribution in [0, 0.1) is 12.7 Å². The van der Waals surface area contributed by atoms with Crippen LogP contribution in [0.2, 0.25) is 0 Å². The lowest BCUT2D eigenvalue weighted by molar-refractivity contribution is 0.102. The normalized spacial score (nSPS) is 10.2. The van der Waals surface area contributed by atoms with Gasteiger partial charge in [0.25, 0.3) is 5.91 Å². The highest BCUT2D eigenvalue weighted by Crippen LogP contribution is 2.14. The summed E-state index contributed by atoms with van der Waals surface area (Å²) in [6, 6.07) is 5.39. The van der Waals surface area contributed by atoms with Gasteiger partial charge in [0.05, 0.1) is 5.69 Å². The van der Waals surface area contributed by atoms with E-state index in [1.54, 1.807) is 13.0 Å². The van der Waals surface area contributed by atoms with Crippen LogP contribution in [0.15, 0.2) is 28.8 Å². The lowest BCUT2D eigenvalue weighted by atomic mass is 10.2. The third-order valence-corrected chi connectivity index (χ3v) is 2.13. The van der Waals surface area contributed by atoms with E-state index in [1.165, 1.54) is 12.1 Å². The predicted molar refractivity (Wildman–Crippen MR) is 60.0 cm³/mol. The molecular weight excluding hydrogens is 225 g/mol. The van der Waals surface area contributed by atoms with E-state index < -0.39 is 11.7 Å². The molecule has 0 fully saturated rings. The molecule has 5 nitrogen and oxygen atoms in total. The minimum atomic E-state index is -0.631. The molecule has 0 saturated carbocycles. The summed E-state index contributed by atoms with van der Waals surface area (Å²) in [5.74, 6) is -0.250. The van der Waals surface area contributed by atoms with Gasteiger partial charge in [-0.1, -0.05) is 5.16 Å². The molecule has 0 aliphatic carbocycles. The smallest absolute Gasteiger partial charge is 0.257 e. The number of aromatic nitrogens is 1. The second-order valence-corrected chi connectivity index (χ2v) is 3.51. The van der Waals surface area contributed by atoms with Gasteiger partial charge in [-0.15, -0.1) is 0 Å². The van der Waals surface area contributed by atoms with Crippen molar-refractivity contribution in [3.8, 4) is 0 Å². The Labute approximate surface area is 96.4 Å². The summed E-state index contributed by atoms with van der Waals surface area (Å²) in [7, 11) is 0. The van der Waals surface area contributed by atoms with Crippen molar-refractivity contribution in [2.45, 2.75) is 6.92 Å². The maximum Gasteiger partial charge on any atom is 0.257 e. The SMILES string of the molecule is Cc1cc(NC(=O)c2ccc(N)c(F)c2)no1. The van der Waals surface area contributed by atoms with Gasteiger partial charge in [0.15, 0.2) is 5.82 Å². The second-order valence-electron chi connectivity index (χ2n) is 3.51. The molecule has 88 valence electrons. The molecule has 0 aliphatic rings. The van der Waals surface area contributed by atoms with E-state index in [4.69, 9.17) is 10.3 Å². The number of hydrogen-bond acceptors (Lipinski definition) is 4. The Balaban J connectivity index is 2.17. The lowest BCUT2D eigenvalue weighted by Crippen LogP contribution is -2.12. The van der Waals surface area contributed by atoms with Crippen LogP contribution in [0.3, 0.4) is 0 Å². The Kier molecular flexibility index (Phi) is 2.78. The number of nitrogen functional groups attached to an aromatic ring is 1. The van der Waals surface area contributed by atoms with Crippen LogP contribution in [0.25, 0.3) is 0 Å². The van der Waals surface area contributed by atoms with Gasteiger partial charge in [0, 0.05) is 11.6 Å². The van der Waals surface area contributed by atoms with Crippen molar-refractivity contribution < 1.29 is 13.7 Å². The minimum absolute atomic E-state index is 0.00108. The lowest BCUT2D eigenvalue weighted by Gasteiger charge is -2.02. The van der Waals surface area contributed by atoms with Crippen LogP contribution in [0.4, 0.5) is 15.9 Å². The van der Waals surface area contributed by atoms with Gasteiger partial charge in [0.2, 0.25) is 0 Å². The first-order valence-corrected chi connectivity index (χ1v) is 4.86. The van der Waals surface area contributed by atoms with Gasteiger partial charge in [0.1, 0.15) is 11.6 Å². The van der Waals surface area contributed by atoms with Crippen LogP contribution >= 0.6 is 0 Å². The fourth-order valence-electron chi connectivity index (χ4n) is 1.28. The number of halogens is 1. The zero-order chi connectivity index (χ0) is 12.4. The van der Waals surface area contributed by atoms with Crippen molar-refractivity contribution in [2.24, 2.45) is 0 Å². The molecule has 0 unspecified atom stereocenters. The Morgan fingerprint density at radius 3 is 2.82 bits per heavy atom. The molecule has 2 rings (SSSR count). The highest BCUT2D eigenvalue weighted by atomic mass is 19.1. The standard InChI is InChI=1S/C11H10FN3O2/c1-6-4-10(15-17-6)14-11(16)7-2-3-9(13)8(12)5-7/h2-5H,13H2,1H3,(H,14,15,16). The maximum atomic E-state index is 13.1. The number of nitrogens with one attached hydrogen (secondary N) is 1. The third kappa shape index (κ3) is 2.41. The summed E-state index contributed by atoms with van der Waals surface area (Å²) in [4.78, 5) is 11.7. The number of amides is 1. The van der Waals surface area contributed by atoms with Gasteiger partial charge in [-0.3, -0.25) is 4.79 Å². The molecule has 3 N–H and O–H groups in total. The van der Waals surface area contributed by atoms with Gasteiger partial charge in [-0.25, -0.2) is 4.39 Å². The average Bonchev–Trinajstić information content (AvgIpc) is 2.68. The molecule has 6 heteroatoms. The fourth-order valence-corrected chi connectivity index (χ4v) is 1.28. The number of benzene rings is 1. The van der Waals surface area contributed by atoms with Crippen molar-refractivity contribution in [3.05, 3.63) is 41.4 Å². The number of rotatable bonds is 2. The maximum absolute atomic E-state index is 13.1. The molecule has 1 heterocycles. The Morgan fingerprint density at radius 1 is 1.47 bits per heavy atom. The van der Waals surface area contributed by atoms with Gasteiger partial charge >= 0.3 is 0 Å². The quantitative estimate of drug-likeness (QED) is 0.779. The minimum Gasteiger partial charge on any atom is -0.396 e. The number of hydrogen-bond donors (Lipinski definition) is 2. The van der Waals surface area contributed by atoms with Gasteiger partial charge in [-0.05, 0) is 25.1 Å². The first-order chi connectivity index (χ1) is 8.06. The van der Waals surface area contributed by atoms with Crippen LogP contribution in [0.1, 0.15) is 16.1 Å². The topological polar surface area (TPSA) is 81.2 Å². The average molecular weight is 235 g/mol. The van der Waals surface area contributed by atoms with Crippen molar-refractivity contribution in [1.82, 2.24) is 5.16 Å². The highest BCUT2D eigenvalue weighted by molar-refractivity contribution is 6.03. The summed E-state index contributed by atoms with van der Waals surface area (Å²) in [6.07, 6.45) is 0. The van der Waals surface area contributed by atoms with E-state index >= 15 is 0 Å². The van der Waals surface area contributed by atoms with E-state index in [9.17, 15) is 9.18 Å². The molecule has 17 heavy (non-hydrogen) atoms. The van der Waals surface area contributed by atoms with E-state index in [0.717, 1.165) is 6.07 Å². The van der Waals surface area contributed by atoms with Crippen molar-refractivity contribution in [2.75, 3.05) is 11.1 Å². The molecule has 0 spiro atoms. The number of nitrogens with two attached hydrogens (primary N) is 1. The Hall–Kier alpha value is -2.37. The van der Waals surface area contributed by atoms with E-state index in [-0.39, 0.29) is 17.1 Å². The molecule has 1 aromatic heterocycles. The number of nitrogens with zero attached hydrogens (tertiary/aromatic N) is 1. The third-order valence-electron chi connectivity index (χ3n) is 2.13. The number of aryl methyl sites for hydroxylation is 1. The van der Waals surface area contributed by atoms with E-state index in [1.807, 2.05) is 0 Å². The summed E-state index contributed by atoms with van der Waals surface area (Å²) < 4.78 is 17.9. The molecule has 0 bridgehead atoms. The van der Waals surface area contributed by atoms with Crippen LogP contribution in [-0.4, -0.2) is 11.1 Å². The number of carbonyl (C=O) groups is 1. The fraction of sp³-hybridized carbons (Fsp3) is 0.0909. The van der Waals surface area contributed by atoms with Crippen molar-refractivity contribution in [1.29, 1.82) is 0 Å². The van der Waals surface area contributed by atoms with Gasteiger partial charge in [-0.2, -0.15) is 0 Å². The number of anilines is 2. The molecule has 0 radical (unpaired) electrons. The van der Waals surface area contributed by atoms with Crippen molar-refractivity contribution in [3.63, 3.8) is 0 Å². The van der Waals surface area contributed by atoms with E-state index in [2.05, 4.69) is 10.5 Å². The zero-order valence-electron chi connectivity index (χ0n) is 9.03. The molecule has 0 saturated heterocycles. The van der Waals surface area contributed by atoms with Gasteiger partial charge < -0.3 is 15.6 Å². The second kappa shape index (κ2) is 4.25. The van der Waals surface area contributed by atoms with Crippen molar-refractivity contribution >= 4 is 17.4 Å². The molecular formula is C11H10FN3O2.